The van der Waals surface area contributed by atoms with Crippen LogP contribution in [0.25, 0.3) is 6.08 Å². The Morgan fingerprint density at radius 3 is 2.38 bits per heavy atom. The van der Waals surface area contributed by atoms with Crippen LogP contribution in [0.2, 0.25) is 0 Å². The van der Waals surface area contributed by atoms with Gasteiger partial charge in [0.25, 0.3) is 0 Å². The number of piperidine rings is 1. The Bertz CT molecular complexity index is 847. The summed E-state index contributed by atoms with van der Waals surface area (Å²) in [6.45, 7) is 1.28. The minimum absolute atomic E-state index is 0.0378. The highest BCUT2D eigenvalue weighted by molar-refractivity contribution is 7.89. The summed E-state index contributed by atoms with van der Waals surface area (Å²) in [6.07, 6.45) is -1.24. The van der Waals surface area contributed by atoms with Crippen molar-refractivity contribution < 1.29 is 31.1 Å². The van der Waals surface area contributed by atoms with Crippen LogP contribution < -0.4 is 0 Å². The smallest absolute Gasteiger partial charge is 0.379 e. The zero-order chi connectivity index (χ0) is 21.1. The van der Waals surface area contributed by atoms with Gasteiger partial charge in [0.15, 0.2) is 0 Å². The number of benzene rings is 1. The Morgan fingerprint density at radius 2 is 1.76 bits per heavy atom. The second-order valence-electron chi connectivity index (χ2n) is 7.08. The lowest BCUT2D eigenvalue weighted by molar-refractivity contribution is -0.187. The molecule has 0 bridgehead atoms. The van der Waals surface area contributed by atoms with E-state index >= 15 is 0 Å². The largest absolute Gasteiger partial charge is 0.393 e. The fourth-order valence-corrected chi connectivity index (χ4v) is 4.81. The minimum atomic E-state index is -4.30. The molecule has 1 amide bonds. The van der Waals surface area contributed by atoms with E-state index < -0.39 is 28.0 Å². The molecule has 0 spiro atoms. The fourth-order valence-electron chi connectivity index (χ4n) is 3.40. The van der Waals surface area contributed by atoms with Gasteiger partial charge in [-0.25, -0.2) is 8.42 Å². The number of hydrogen-bond donors (Lipinski definition) is 0. The molecule has 2 heterocycles. The van der Waals surface area contributed by atoms with Crippen molar-refractivity contribution in [2.45, 2.75) is 23.9 Å². The van der Waals surface area contributed by atoms with Crippen molar-refractivity contribution in [1.29, 1.82) is 0 Å². The second-order valence-corrected chi connectivity index (χ2v) is 9.02. The molecular formula is C19H23F3N2O4S. The maximum absolute atomic E-state index is 12.9. The molecule has 0 aliphatic carbocycles. The predicted octanol–water partition coefficient (Wildman–Crippen LogP) is 2.52. The molecule has 2 aliphatic rings. The average molecular weight is 432 g/mol. The Labute approximate surface area is 168 Å². The van der Waals surface area contributed by atoms with Gasteiger partial charge in [-0.15, -0.1) is 0 Å². The van der Waals surface area contributed by atoms with Crippen molar-refractivity contribution in [3.8, 4) is 0 Å². The summed E-state index contributed by atoms with van der Waals surface area (Å²) in [5.41, 5.74) is 0.587. The molecule has 29 heavy (non-hydrogen) atoms. The summed E-state index contributed by atoms with van der Waals surface area (Å²) in [5.74, 6) is -1.97. The van der Waals surface area contributed by atoms with Crippen LogP contribution in [-0.4, -0.2) is 69.1 Å². The number of nitrogens with zero attached hydrogens (tertiary/aromatic N) is 2. The Balaban J connectivity index is 1.63. The van der Waals surface area contributed by atoms with Crippen molar-refractivity contribution in [2.24, 2.45) is 5.92 Å². The first kappa shape index (κ1) is 21.8. The summed E-state index contributed by atoms with van der Waals surface area (Å²) in [6, 6.07) is 6.03. The van der Waals surface area contributed by atoms with Crippen molar-refractivity contribution >= 4 is 22.0 Å². The van der Waals surface area contributed by atoms with Crippen LogP contribution >= 0.6 is 0 Å². The third kappa shape index (κ3) is 5.37. The van der Waals surface area contributed by atoms with Crippen molar-refractivity contribution in [2.75, 3.05) is 39.4 Å². The standard InChI is InChI=1S/C19H23F3N2O4S/c20-19(21,22)16-2-1-9-23(14-16)18(25)8-5-15-3-6-17(7-4-15)29(26,27)24-10-12-28-13-11-24/h3-8,16H,1-2,9-14H2/b8-5+. The summed E-state index contributed by atoms with van der Waals surface area (Å²) in [7, 11) is -3.60. The number of halogens is 3. The molecular weight excluding hydrogens is 409 g/mol. The van der Waals surface area contributed by atoms with Crippen LogP contribution in [0.3, 0.4) is 0 Å². The lowest BCUT2D eigenvalue weighted by Gasteiger charge is -2.33. The first-order valence-electron chi connectivity index (χ1n) is 9.39. The van der Waals surface area contributed by atoms with E-state index in [0.29, 0.717) is 44.8 Å². The number of carbonyl (C=O) groups excluding carboxylic acids is 1. The number of ether oxygens (including phenoxy) is 1. The Hall–Kier alpha value is -1.91. The first-order chi connectivity index (χ1) is 13.7. The molecule has 160 valence electrons. The summed E-state index contributed by atoms with van der Waals surface area (Å²) in [5, 5.41) is 0. The monoisotopic (exact) mass is 432 g/mol. The van der Waals surface area contributed by atoms with E-state index in [0.717, 1.165) is 0 Å². The SMILES string of the molecule is O=C(/C=C/c1ccc(S(=O)(=O)N2CCOCC2)cc1)N1CCCC(C(F)(F)F)C1. The molecule has 3 rings (SSSR count). The molecule has 10 heteroatoms. The van der Waals surface area contributed by atoms with Gasteiger partial charge >= 0.3 is 6.18 Å². The van der Waals surface area contributed by atoms with E-state index in [4.69, 9.17) is 4.74 Å². The van der Waals surface area contributed by atoms with Crippen molar-refractivity contribution in [1.82, 2.24) is 9.21 Å². The number of alkyl halides is 3. The first-order valence-corrected chi connectivity index (χ1v) is 10.8. The van der Waals surface area contributed by atoms with Crippen LogP contribution in [-0.2, 0) is 19.6 Å². The maximum Gasteiger partial charge on any atom is 0.393 e. The number of rotatable bonds is 4. The van der Waals surface area contributed by atoms with E-state index in [1.54, 1.807) is 12.1 Å². The zero-order valence-electron chi connectivity index (χ0n) is 15.8. The molecule has 1 aromatic rings. The Kier molecular flexibility index (Phi) is 6.65. The molecule has 0 saturated carbocycles. The van der Waals surface area contributed by atoms with Gasteiger partial charge in [0.2, 0.25) is 15.9 Å². The van der Waals surface area contributed by atoms with E-state index in [1.807, 2.05) is 0 Å². The van der Waals surface area contributed by atoms with Gasteiger partial charge in [-0.1, -0.05) is 12.1 Å². The van der Waals surface area contributed by atoms with Gasteiger partial charge in [-0.3, -0.25) is 4.79 Å². The third-order valence-electron chi connectivity index (χ3n) is 5.10. The third-order valence-corrected chi connectivity index (χ3v) is 7.02. The lowest BCUT2D eigenvalue weighted by Crippen LogP contribution is -2.44. The van der Waals surface area contributed by atoms with E-state index in [9.17, 15) is 26.4 Å². The molecule has 0 aromatic heterocycles. The summed E-state index contributed by atoms with van der Waals surface area (Å²) >= 11 is 0. The highest BCUT2D eigenvalue weighted by Crippen LogP contribution is 2.33. The highest BCUT2D eigenvalue weighted by atomic mass is 32.2. The number of morpholine rings is 1. The normalized spacial score (nSPS) is 22.2. The maximum atomic E-state index is 12.9. The molecule has 0 radical (unpaired) electrons. The highest BCUT2D eigenvalue weighted by Gasteiger charge is 2.42. The van der Waals surface area contributed by atoms with Crippen molar-refractivity contribution in [3.63, 3.8) is 0 Å². The van der Waals surface area contributed by atoms with Gasteiger partial charge in [0.05, 0.1) is 24.0 Å². The molecule has 2 aliphatic heterocycles. The lowest BCUT2D eigenvalue weighted by atomic mass is 9.97. The summed E-state index contributed by atoms with van der Waals surface area (Å²) in [4.78, 5) is 13.6. The molecule has 1 atom stereocenters. The number of hydrogen-bond acceptors (Lipinski definition) is 4. The van der Waals surface area contributed by atoms with Gasteiger partial charge < -0.3 is 9.64 Å². The van der Waals surface area contributed by atoms with Gasteiger partial charge in [-0.05, 0) is 36.6 Å². The predicted molar refractivity (Wildman–Crippen MR) is 100 cm³/mol. The molecule has 1 aromatic carbocycles. The summed E-state index contributed by atoms with van der Waals surface area (Å²) < 4.78 is 70.3. The molecule has 6 nitrogen and oxygen atoms in total. The van der Waals surface area contributed by atoms with Crippen LogP contribution in [0.1, 0.15) is 18.4 Å². The Morgan fingerprint density at radius 1 is 1.10 bits per heavy atom. The van der Waals surface area contributed by atoms with Crippen LogP contribution in [0.4, 0.5) is 13.2 Å². The topological polar surface area (TPSA) is 66.9 Å². The zero-order valence-corrected chi connectivity index (χ0v) is 16.6. The number of carbonyl (C=O) groups is 1. The molecule has 1 unspecified atom stereocenters. The van der Waals surface area contributed by atoms with Gasteiger partial charge in [-0.2, -0.15) is 17.5 Å². The molecule has 2 fully saturated rings. The van der Waals surface area contributed by atoms with Gasteiger partial charge in [0.1, 0.15) is 0 Å². The van der Waals surface area contributed by atoms with Crippen molar-refractivity contribution in [3.05, 3.63) is 35.9 Å². The van der Waals surface area contributed by atoms with E-state index in [1.165, 1.54) is 33.5 Å². The number of amides is 1. The minimum Gasteiger partial charge on any atom is -0.379 e. The van der Waals surface area contributed by atoms with Crippen LogP contribution in [0.5, 0.6) is 0 Å². The fraction of sp³-hybridized carbons (Fsp3) is 0.526. The van der Waals surface area contributed by atoms with Gasteiger partial charge in [0, 0.05) is 32.3 Å². The van der Waals surface area contributed by atoms with E-state index in [-0.39, 0.29) is 17.9 Å². The van der Waals surface area contributed by atoms with Crippen LogP contribution in [0.15, 0.2) is 35.2 Å². The second kappa shape index (κ2) is 8.85. The molecule has 0 N–H and O–H groups in total. The number of sulfonamides is 1. The van der Waals surface area contributed by atoms with Crippen LogP contribution in [0, 0.1) is 5.92 Å². The van der Waals surface area contributed by atoms with E-state index in [2.05, 4.69) is 0 Å². The molecule has 2 saturated heterocycles. The quantitative estimate of drug-likeness (QED) is 0.686. The average Bonchev–Trinajstić information content (AvgIpc) is 2.72. The number of likely N-dealkylation sites (tertiary alicyclic amines) is 1.